The molecule has 0 rings (SSSR count). The Morgan fingerprint density at radius 2 is 2.33 bits per heavy atom. The standard InChI is InChI=1S/C7H13Cl2NOS/c1-6(5-12(2)11)10-4-7(9)3-8/h3,6,10H,4-5H2,1-2H3. The second-order valence-electron chi connectivity index (χ2n) is 2.58. The molecule has 0 saturated heterocycles. The van der Waals surface area contributed by atoms with Gasteiger partial charge in [-0.3, -0.25) is 4.21 Å². The highest BCUT2D eigenvalue weighted by molar-refractivity contribution is 7.84. The van der Waals surface area contributed by atoms with Crippen molar-refractivity contribution in [2.45, 2.75) is 13.0 Å². The van der Waals surface area contributed by atoms with Crippen LogP contribution < -0.4 is 5.32 Å². The molecule has 2 unspecified atom stereocenters. The Kier molecular flexibility index (Phi) is 7.14. The van der Waals surface area contributed by atoms with E-state index in [1.807, 2.05) is 6.92 Å². The predicted octanol–water partition coefficient (Wildman–Crippen LogP) is 1.66. The lowest BCUT2D eigenvalue weighted by atomic mass is 10.4. The maximum absolute atomic E-state index is 10.8. The third-order valence-corrected chi connectivity index (χ3v) is 2.81. The normalized spacial score (nSPS) is 17.5. The Hall–Kier alpha value is 0.430. The molecule has 0 aliphatic heterocycles. The van der Waals surface area contributed by atoms with Gasteiger partial charge in [-0.05, 0) is 6.92 Å². The zero-order valence-corrected chi connectivity index (χ0v) is 9.47. The van der Waals surface area contributed by atoms with E-state index >= 15 is 0 Å². The molecule has 5 heteroatoms. The van der Waals surface area contributed by atoms with Crippen LogP contribution in [0, 0.1) is 0 Å². The van der Waals surface area contributed by atoms with Gasteiger partial charge >= 0.3 is 0 Å². The molecule has 0 radical (unpaired) electrons. The van der Waals surface area contributed by atoms with Crippen LogP contribution in [0.25, 0.3) is 0 Å². The van der Waals surface area contributed by atoms with Gasteiger partial charge in [0.05, 0.1) is 0 Å². The Morgan fingerprint density at radius 3 is 2.75 bits per heavy atom. The SMILES string of the molecule is CC(CS(C)=O)NCC(Cl)=CCl. The summed E-state index contributed by atoms with van der Waals surface area (Å²) in [4.78, 5) is 0. The van der Waals surface area contributed by atoms with Gasteiger partial charge in [0.2, 0.25) is 0 Å². The molecule has 1 N–H and O–H groups in total. The van der Waals surface area contributed by atoms with Gasteiger partial charge in [-0.15, -0.1) is 0 Å². The average molecular weight is 230 g/mol. The summed E-state index contributed by atoms with van der Waals surface area (Å²) in [5.74, 6) is 0.631. The number of hydrogen-bond donors (Lipinski definition) is 1. The summed E-state index contributed by atoms with van der Waals surface area (Å²) in [7, 11) is -0.770. The van der Waals surface area contributed by atoms with Gasteiger partial charge in [0.1, 0.15) is 0 Å². The largest absolute Gasteiger partial charge is 0.308 e. The molecule has 0 amide bonds. The zero-order chi connectivity index (χ0) is 9.56. The van der Waals surface area contributed by atoms with Crippen LogP contribution in [0.15, 0.2) is 10.6 Å². The Labute approximate surface area is 85.8 Å². The average Bonchev–Trinajstić information content (AvgIpc) is 1.99. The van der Waals surface area contributed by atoms with Crippen LogP contribution in [0.4, 0.5) is 0 Å². The predicted molar refractivity (Wildman–Crippen MR) is 56.2 cm³/mol. The first-order valence-corrected chi connectivity index (χ1v) is 6.08. The summed E-state index contributed by atoms with van der Waals surface area (Å²) in [5.41, 5.74) is 1.32. The summed E-state index contributed by atoms with van der Waals surface area (Å²) >= 11 is 11.0. The molecule has 0 aliphatic carbocycles. The van der Waals surface area contributed by atoms with Gasteiger partial charge in [-0.25, -0.2) is 0 Å². The van der Waals surface area contributed by atoms with Crippen LogP contribution in [0.2, 0.25) is 0 Å². The van der Waals surface area contributed by atoms with Gasteiger partial charge in [0.25, 0.3) is 0 Å². The van der Waals surface area contributed by atoms with Crippen molar-refractivity contribution in [2.24, 2.45) is 0 Å². The van der Waals surface area contributed by atoms with Crippen LogP contribution in [-0.4, -0.2) is 28.8 Å². The van der Waals surface area contributed by atoms with E-state index in [2.05, 4.69) is 5.32 Å². The summed E-state index contributed by atoms with van der Waals surface area (Å²) in [6.45, 7) is 2.49. The Morgan fingerprint density at radius 1 is 1.75 bits per heavy atom. The smallest absolute Gasteiger partial charge is 0.0432 e. The fraction of sp³-hybridized carbons (Fsp3) is 0.714. The minimum atomic E-state index is -0.770. The van der Waals surface area contributed by atoms with Crippen molar-refractivity contribution >= 4 is 34.0 Å². The number of rotatable bonds is 5. The summed E-state index contributed by atoms with van der Waals surface area (Å²) in [6.07, 6.45) is 1.68. The van der Waals surface area contributed by atoms with Crippen molar-refractivity contribution in [3.8, 4) is 0 Å². The molecule has 0 aromatic carbocycles. The molecule has 0 bridgehead atoms. The molecule has 0 aromatic rings. The zero-order valence-electron chi connectivity index (χ0n) is 7.14. The van der Waals surface area contributed by atoms with Crippen LogP contribution >= 0.6 is 23.2 Å². The van der Waals surface area contributed by atoms with E-state index in [1.54, 1.807) is 6.26 Å². The van der Waals surface area contributed by atoms with E-state index in [4.69, 9.17) is 23.2 Å². The second kappa shape index (κ2) is 6.89. The highest BCUT2D eigenvalue weighted by atomic mass is 35.5. The molecular weight excluding hydrogens is 217 g/mol. The van der Waals surface area contributed by atoms with Crippen molar-refractivity contribution in [1.29, 1.82) is 0 Å². The van der Waals surface area contributed by atoms with Crippen LogP contribution in [0.1, 0.15) is 6.92 Å². The van der Waals surface area contributed by atoms with E-state index in [0.29, 0.717) is 17.3 Å². The maximum atomic E-state index is 10.8. The first kappa shape index (κ1) is 12.4. The highest BCUT2D eigenvalue weighted by Gasteiger charge is 2.03. The van der Waals surface area contributed by atoms with E-state index in [1.165, 1.54) is 5.54 Å². The maximum Gasteiger partial charge on any atom is 0.0432 e. The van der Waals surface area contributed by atoms with Gasteiger partial charge in [-0.1, -0.05) is 23.2 Å². The fourth-order valence-corrected chi connectivity index (χ4v) is 1.70. The molecule has 12 heavy (non-hydrogen) atoms. The first-order chi connectivity index (χ1) is 5.56. The van der Waals surface area contributed by atoms with Crippen LogP contribution in [0.3, 0.4) is 0 Å². The van der Waals surface area contributed by atoms with Gasteiger partial charge in [0, 0.05) is 46.0 Å². The highest BCUT2D eigenvalue weighted by Crippen LogP contribution is 2.01. The van der Waals surface area contributed by atoms with E-state index in [0.717, 1.165) is 0 Å². The molecule has 0 aliphatic rings. The Bertz CT molecular complexity index is 184. The molecule has 0 heterocycles. The molecule has 72 valence electrons. The third kappa shape index (κ3) is 7.10. The summed E-state index contributed by atoms with van der Waals surface area (Å²) in [5, 5.41) is 3.65. The van der Waals surface area contributed by atoms with E-state index in [-0.39, 0.29) is 6.04 Å². The lowest BCUT2D eigenvalue weighted by Gasteiger charge is -2.10. The van der Waals surface area contributed by atoms with Crippen molar-refractivity contribution in [2.75, 3.05) is 18.6 Å². The van der Waals surface area contributed by atoms with Crippen molar-refractivity contribution in [3.05, 3.63) is 10.6 Å². The molecule has 2 atom stereocenters. The number of halogens is 2. The fourth-order valence-electron chi connectivity index (χ4n) is 0.721. The van der Waals surface area contributed by atoms with E-state index in [9.17, 15) is 4.21 Å². The molecule has 0 saturated carbocycles. The van der Waals surface area contributed by atoms with Crippen molar-refractivity contribution < 1.29 is 4.21 Å². The van der Waals surface area contributed by atoms with E-state index < -0.39 is 10.8 Å². The van der Waals surface area contributed by atoms with Gasteiger partial charge < -0.3 is 5.32 Å². The minimum absolute atomic E-state index is 0.196. The number of nitrogens with one attached hydrogen (secondary N) is 1. The minimum Gasteiger partial charge on any atom is -0.308 e. The molecule has 0 aromatic heterocycles. The van der Waals surface area contributed by atoms with Gasteiger partial charge in [-0.2, -0.15) is 0 Å². The third-order valence-electron chi connectivity index (χ3n) is 1.22. The van der Waals surface area contributed by atoms with Crippen LogP contribution in [-0.2, 0) is 10.8 Å². The number of hydrogen-bond acceptors (Lipinski definition) is 2. The second-order valence-corrected chi connectivity index (χ2v) is 4.76. The molecule has 2 nitrogen and oxygen atoms in total. The summed E-state index contributed by atoms with van der Waals surface area (Å²) < 4.78 is 10.8. The lowest BCUT2D eigenvalue weighted by molar-refractivity contribution is 0.622. The molecule has 0 spiro atoms. The van der Waals surface area contributed by atoms with Crippen molar-refractivity contribution in [3.63, 3.8) is 0 Å². The topological polar surface area (TPSA) is 29.1 Å². The monoisotopic (exact) mass is 229 g/mol. The molecule has 0 fully saturated rings. The quantitative estimate of drug-likeness (QED) is 0.778. The molecular formula is C7H13Cl2NOS. The lowest BCUT2D eigenvalue weighted by Crippen LogP contribution is -2.31. The summed E-state index contributed by atoms with van der Waals surface area (Å²) in [6, 6.07) is 0.196. The Balaban J connectivity index is 3.57. The van der Waals surface area contributed by atoms with Crippen molar-refractivity contribution in [1.82, 2.24) is 5.32 Å². The van der Waals surface area contributed by atoms with Gasteiger partial charge in [0.15, 0.2) is 0 Å². The first-order valence-electron chi connectivity index (χ1n) is 3.54. The van der Waals surface area contributed by atoms with Crippen LogP contribution in [0.5, 0.6) is 0 Å².